The second-order valence-electron chi connectivity index (χ2n) is 6.12. The summed E-state index contributed by atoms with van der Waals surface area (Å²) < 4.78 is 1.40. The summed E-state index contributed by atoms with van der Waals surface area (Å²) in [6.45, 7) is 1.99. The van der Waals surface area contributed by atoms with E-state index in [0.717, 1.165) is 9.79 Å². The van der Waals surface area contributed by atoms with E-state index in [2.05, 4.69) is 10.4 Å². The van der Waals surface area contributed by atoms with Gasteiger partial charge in [0.1, 0.15) is 12.4 Å². The van der Waals surface area contributed by atoms with Crippen LogP contribution in [0.3, 0.4) is 0 Å². The molecule has 0 fully saturated rings. The van der Waals surface area contributed by atoms with Crippen molar-refractivity contribution in [2.75, 3.05) is 5.32 Å². The van der Waals surface area contributed by atoms with Gasteiger partial charge in [-0.15, -0.1) is 0 Å². The highest BCUT2D eigenvalue weighted by molar-refractivity contribution is 7.99. The normalized spacial score (nSPS) is 11.8. The Bertz CT molecular complexity index is 991. The minimum Gasteiger partial charge on any atom is -0.325 e. The second kappa shape index (κ2) is 8.90. The van der Waals surface area contributed by atoms with E-state index in [0.29, 0.717) is 10.7 Å². The first-order chi connectivity index (χ1) is 13.4. The van der Waals surface area contributed by atoms with E-state index < -0.39 is 10.8 Å². The fourth-order valence-electron chi connectivity index (χ4n) is 2.45. The molecule has 1 atom stereocenters. The minimum atomic E-state index is -0.515. The maximum absolute atomic E-state index is 12.6. The highest BCUT2D eigenvalue weighted by Crippen LogP contribution is 2.34. The lowest BCUT2D eigenvalue weighted by Gasteiger charge is -2.15. The van der Waals surface area contributed by atoms with Crippen LogP contribution in [0, 0.1) is 16.0 Å². The molecule has 0 spiro atoms. The molecule has 1 aromatic heterocycles. The van der Waals surface area contributed by atoms with Crippen molar-refractivity contribution in [2.24, 2.45) is 5.92 Å². The molecule has 9 heteroatoms. The molecule has 0 radical (unpaired) electrons. The van der Waals surface area contributed by atoms with Crippen LogP contribution in [-0.2, 0) is 11.3 Å². The van der Waals surface area contributed by atoms with Crippen molar-refractivity contribution in [3.63, 3.8) is 0 Å². The molecule has 7 nitrogen and oxygen atoms in total. The fourth-order valence-corrected chi connectivity index (χ4v) is 3.48. The van der Waals surface area contributed by atoms with Crippen LogP contribution in [0.25, 0.3) is 0 Å². The first-order valence-corrected chi connectivity index (χ1v) is 9.62. The first kappa shape index (κ1) is 19.9. The van der Waals surface area contributed by atoms with Crippen molar-refractivity contribution < 1.29 is 9.72 Å². The zero-order valence-corrected chi connectivity index (χ0v) is 16.5. The standard InChI is InChI=1S/C19H17ClN4O3S/c1-13(11-23-12-15(10-21-23)24(26)27)19(25)22-17-4-2-3-5-18(17)28-16-8-6-14(20)7-9-16/h2-10,12-13H,11H2,1H3,(H,22,25). The van der Waals surface area contributed by atoms with Crippen molar-refractivity contribution >= 4 is 40.6 Å². The third kappa shape index (κ3) is 5.11. The number of nitrogens with one attached hydrogen (secondary N) is 1. The van der Waals surface area contributed by atoms with E-state index in [1.165, 1.54) is 28.8 Å². The number of amides is 1. The highest BCUT2D eigenvalue weighted by Gasteiger charge is 2.18. The summed E-state index contributed by atoms with van der Waals surface area (Å²) in [5, 5.41) is 18.3. The Labute approximate surface area is 170 Å². The summed E-state index contributed by atoms with van der Waals surface area (Å²) in [5.41, 5.74) is 0.600. The smallest absolute Gasteiger partial charge is 0.306 e. The number of hydrogen-bond donors (Lipinski definition) is 1. The molecular weight excluding hydrogens is 400 g/mol. The average Bonchev–Trinajstić information content (AvgIpc) is 3.14. The largest absolute Gasteiger partial charge is 0.325 e. The highest BCUT2D eigenvalue weighted by atomic mass is 35.5. The molecule has 1 unspecified atom stereocenters. The first-order valence-electron chi connectivity index (χ1n) is 8.42. The van der Waals surface area contributed by atoms with Gasteiger partial charge in [0.25, 0.3) is 0 Å². The molecule has 144 valence electrons. The molecule has 0 aliphatic rings. The lowest BCUT2D eigenvalue weighted by Crippen LogP contribution is -2.24. The number of nitro groups is 1. The Balaban J connectivity index is 1.67. The lowest BCUT2D eigenvalue weighted by atomic mass is 10.1. The van der Waals surface area contributed by atoms with Crippen LogP contribution in [0.15, 0.2) is 70.7 Å². The Morgan fingerprint density at radius 3 is 2.68 bits per heavy atom. The number of benzene rings is 2. The van der Waals surface area contributed by atoms with Crippen LogP contribution in [0.2, 0.25) is 5.02 Å². The topological polar surface area (TPSA) is 90.1 Å². The Hall–Kier alpha value is -2.84. The lowest BCUT2D eigenvalue weighted by molar-refractivity contribution is -0.385. The third-order valence-electron chi connectivity index (χ3n) is 3.93. The van der Waals surface area contributed by atoms with Crippen LogP contribution in [0.4, 0.5) is 11.4 Å². The van der Waals surface area contributed by atoms with E-state index in [1.807, 2.05) is 48.5 Å². The number of para-hydroxylation sites is 1. The molecule has 0 bridgehead atoms. The molecule has 0 aliphatic heterocycles. The van der Waals surface area contributed by atoms with Gasteiger partial charge in [-0.3, -0.25) is 19.6 Å². The van der Waals surface area contributed by atoms with Gasteiger partial charge in [0.05, 0.1) is 23.1 Å². The van der Waals surface area contributed by atoms with Crippen LogP contribution in [0.1, 0.15) is 6.92 Å². The number of rotatable bonds is 7. The molecule has 0 aliphatic carbocycles. The van der Waals surface area contributed by atoms with Crippen molar-refractivity contribution in [2.45, 2.75) is 23.3 Å². The molecule has 3 rings (SSSR count). The zero-order valence-electron chi connectivity index (χ0n) is 14.9. The van der Waals surface area contributed by atoms with Crippen LogP contribution < -0.4 is 5.32 Å². The van der Waals surface area contributed by atoms with E-state index in [4.69, 9.17) is 11.6 Å². The summed E-state index contributed by atoms with van der Waals surface area (Å²) in [5.74, 6) is -0.615. The maximum Gasteiger partial charge on any atom is 0.306 e. The summed E-state index contributed by atoms with van der Waals surface area (Å²) in [6, 6.07) is 15.0. The number of carbonyl (C=O) groups excluding carboxylic acids is 1. The molecule has 0 saturated carbocycles. The van der Waals surface area contributed by atoms with Crippen LogP contribution in [-0.4, -0.2) is 20.6 Å². The van der Waals surface area contributed by atoms with Gasteiger partial charge < -0.3 is 5.32 Å². The second-order valence-corrected chi connectivity index (χ2v) is 7.67. The predicted octanol–water partition coefficient (Wildman–Crippen LogP) is 4.87. The molecule has 1 N–H and O–H groups in total. The maximum atomic E-state index is 12.6. The molecule has 3 aromatic rings. The fraction of sp³-hybridized carbons (Fsp3) is 0.158. The minimum absolute atomic E-state index is 0.0997. The van der Waals surface area contributed by atoms with Gasteiger partial charge in [0.2, 0.25) is 5.91 Å². The van der Waals surface area contributed by atoms with Crippen molar-refractivity contribution in [3.8, 4) is 0 Å². The number of hydrogen-bond acceptors (Lipinski definition) is 5. The third-order valence-corrected chi connectivity index (χ3v) is 5.26. The molecule has 28 heavy (non-hydrogen) atoms. The van der Waals surface area contributed by atoms with Gasteiger partial charge in [-0.05, 0) is 36.4 Å². The molecular formula is C19H17ClN4O3S. The molecule has 2 aromatic carbocycles. The number of aromatic nitrogens is 2. The van der Waals surface area contributed by atoms with Gasteiger partial charge in [0, 0.05) is 14.8 Å². The van der Waals surface area contributed by atoms with Crippen LogP contribution in [0.5, 0.6) is 0 Å². The van der Waals surface area contributed by atoms with E-state index in [9.17, 15) is 14.9 Å². The number of carbonyl (C=O) groups is 1. The Morgan fingerprint density at radius 2 is 2.00 bits per heavy atom. The predicted molar refractivity (Wildman–Crippen MR) is 109 cm³/mol. The van der Waals surface area contributed by atoms with Gasteiger partial charge >= 0.3 is 5.69 Å². The number of anilines is 1. The van der Waals surface area contributed by atoms with E-state index >= 15 is 0 Å². The summed E-state index contributed by atoms with van der Waals surface area (Å²) in [4.78, 5) is 24.7. The Kier molecular flexibility index (Phi) is 6.33. The molecule has 0 saturated heterocycles. The SMILES string of the molecule is CC(Cn1cc([N+](=O)[O-])cn1)C(=O)Nc1ccccc1Sc1ccc(Cl)cc1. The van der Waals surface area contributed by atoms with E-state index in [-0.39, 0.29) is 18.1 Å². The van der Waals surface area contributed by atoms with Gasteiger partial charge in [-0.2, -0.15) is 5.10 Å². The number of halogens is 1. The summed E-state index contributed by atoms with van der Waals surface area (Å²) >= 11 is 7.45. The quantitative estimate of drug-likeness (QED) is 0.438. The van der Waals surface area contributed by atoms with Crippen molar-refractivity contribution in [1.29, 1.82) is 0 Å². The zero-order chi connectivity index (χ0) is 20.1. The van der Waals surface area contributed by atoms with Gasteiger partial charge in [0.15, 0.2) is 0 Å². The van der Waals surface area contributed by atoms with Crippen LogP contribution >= 0.6 is 23.4 Å². The monoisotopic (exact) mass is 416 g/mol. The van der Waals surface area contributed by atoms with Crippen molar-refractivity contribution in [3.05, 3.63) is 76.1 Å². The average molecular weight is 417 g/mol. The van der Waals surface area contributed by atoms with Gasteiger partial charge in [-0.1, -0.05) is 42.4 Å². The Morgan fingerprint density at radius 1 is 1.29 bits per heavy atom. The number of nitrogens with zero attached hydrogens (tertiary/aromatic N) is 3. The molecule has 1 heterocycles. The van der Waals surface area contributed by atoms with E-state index in [1.54, 1.807) is 6.92 Å². The van der Waals surface area contributed by atoms with Gasteiger partial charge in [-0.25, -0.2) is 0 Å². The van der Waals surface area contributed by atoms with Crippen molar-refractivity contribution in [1.82, 2.24) is 9.78 Å². The summed E-state index contributed by atoms with van der Waals surface area (Å²) in [7, 11) is 0. The summed E-state index contributed by atoms with van der Waals surface area (Å²) in [6.07, 6.45) is 2.48. The molecule has 1 amide bonds.